The summed E-state index contributed by atoms with van der Waals surface area (Å²) in [4.78, 5) is 16.7. The van der Waals surface area contributed by atoms with E-state index < -0.39 is 5.97 Å². The van der Waals surface area contributed by atoms with E-state index in [1.807, 2.05) is 18.2 Å². The molecule has 0 unspecified atom stereocenters. The van der Waals surface area contributed by atoms with Crippen molar-refractivity contribution in [2.24, 2.45) is 4.99 Å². The minimum atomic E-state index is -0.528. The van der Waals surface area contributed by atoms with Crippen LogP contribution in [0.5, 0.6) is 11.5 Å². The van der Waals surface area contributed by atoms with Crippen LogP contribution >= 0.6 is 38.5 Å². The number of rotatable bonds is 6. The number of esters is 1. The van der Waals surface area contributed by atoms with E-state index in [9.17, 15) is 9.18 Å². The van der Waals surface area contributed by atoms with Crippen molar-refractivity contribution >= 4 is 56.5 Å². The number of cyclic esters (lactones) is 1. The van der Waals surface area contributed by atoms with E-state index in [0.29, 0.717) is 28.2 Å². The largest absolute Gasteiger partial charge is 0.493 e. The third-order valence-corrected chi connectivity index (χ3v) is 6.90. The summed E-state index contributed by atoms with van der Waals surface area (Å²) in [5.41, 5.74) is 2.29. The topological polar surface area (TPSA) is 57.1 Å². The van der Waals surface area contributed by atoms with Crippen LogP contribution in [0.25, 0.3) is 6.08 Å². The highest BCUT2D eigenvalue weighted by Gasteiger charge is 2.24. The van der Waals surface area contributed by atoms with Gasteiger partial charge in [0.15, 0.2) is 17.2 Å². The zero-order valence-corrected chi connectivity index (χ0v) is 20.5. The number of carbonyl (C=O) groups excluding carboxylic acids is 1. The molecule has 4 rings (SSSR count). The summed E-state index contributed by atoms with van der Waals surface area (Å²) in [6.45, 7) is 0.195. The summed E-state index contributed by atoms with van der Waals surface area (Å²) >= 11 is 5.67. The molecule has 0 aromatic heterocycles. The zero-order valence-electron chi connectivity index (χ0n) is 16.8. The Morgan fingerprint density at radius 3 is 2.72 bits per heavy atom. The summed E-state index contributed by atoms with van der Waals surface area (Å²) in [7, 11) is 1.52. The Hall–Kier alpha value is -2.72. The lowest BCUT2D eigenvalue weighted by atomic mass is 10.1. The van der Waals surface area contributed by atoms with E-state index in [1.165, 1.54) is 19.2 Å². The van der Waals surface area contributed by atoms with Gasteiger partial charge in [-0.05, 0) is 98.2 Å². The molecule has 1 aliphatic heterocycles. The van der Waals surface area contributed by atoms with Gasteiger partial charge in [0, 0.05) is 13.6 Å². The van der Waals surface area contributed by atoms with Crippen molar-refractivity contribution in [2.45, 2.75) is 6.61 Å². The Bertz CT molecular complexity index is 1260. The molecule has 0 bridgehead atoms. The van der Waals surface area contributed by atoms with Crippen LogP contribution in [-0.2, 0) is 16.1 Å². The molecular formula is C24H16BrFINO4. The van der Waals surface area contributed by atoms with Crippen LogP contribution in [0.4, 0.5) is 4.39 Å². The zero-order chi connectivity index (χ0) is 22.7. The first-order valence-corrected chi connectivity index (χ1v) is 11.3. The fourth-order valence-electron chi connectivity index (χ4n) is 3.00. The van der Waals surface area contributed by atoms with Gasteiger partial charge in [-0.2, -0.15) is 0 Å². The summed E-state index contributed by atoms with van der Waals surface area (Å²) in [5, 5.41) is 0. The second kappa shape index (κ2) is 9.83. The Morgan fingerprint density at radius 1 is 1.12 bits per heavy atom. The first-order chi connectivity index (χ1) is 15.4. The molecule has 0 amide bonds. The van der Waals surface area contributed by atoms with Crippen LogP contribution in [0.3, 0.4) is 0 Å². The first-order valence-electron chi connectivity index (χ1n) is 9.46. The normalized spacial score (nSPS) is 14.3. The van der Waals surface area contributed by atoms with Gasteiger partial charge >= 0.3 is 5.97 Å². The molecule has 0 saturated heterocycles. The fraction of sp³-hybridized carbons (Fsp3) is 0.0833. The monoisotopic (exact) mass is 607 g/mol. The summed E-state index contributed by atoms with van der Waals surface area (Å²) in [6, 6.07) is 17.0. The highest BCUT2D eigenvalue weighted by molar-refractivity contribution is 14.1. The van der Waals surface area contributed by atoms with Gasteiger partial charge in [0.2, 0.25) is 5.90 Å². The predicted molar refractivity (Wildman–Crippen MR) is 131 cm³/mol. The average Bonchev–Trinajstić information content (AvgIpc) is 3.14. The van der Waals surface area contributed by atoms with Crippen molar-refractivity contribution in [3.8, 4) is 11.5 Å². The highest BCUT2D eigenvalue weighted by atomic mass is 127. The smallest absolute Gasteiger partial charge is 0.363 e. The summed E-state index contributed by atoms with van der Waals surface area (Å²) in [6.07, 6.45) is 1.62. The lowest BCUT2D eigenvalue weighted by Crippen LogP contribution is -2.05. The molecule has 8 heteroatoms. The Balaban J connectivity index is 1.54. The standard InChI is InChI=1S/C24H16BrFINO4/c1-30-22-11-14(5-8-21(22)31-13-15-3-2-4-17(26)9-15)10-20-24(29)32-23(28-20)16-6-7-19(27)18(25)12-16/h2-12H,13H2,1H3/b20-10-. The Morgan fingerprint density at radius 2 is 1.97 bits per heavy atom. The molecule has 0 fully saturated rings. The van der Waals surface area contributed by atoms with Crippen molar-refractivity contribution in [3.63, 3.8) is 0 Å². The third-order valence-electron chi connectivity index (χ3n) is 4.56. The van der Waals surface area contributed by atoms with Gasteiger partial charge < -0.3 is 14.2 Å². The van der Waals surface area contributed by atoms with Gasteiger partial charge in [-0.25, -0.2) is 14.2 Å². The molecule has 3 aromatic carbocycles. The van der Waals surface area contributed by atoms with Gasteiger partial charge in [-0.3, -0.25) is 0 Å². The number of methoxy groups -OCH3 is 1. The van der Waals surface area contributed by atoms with Crippen LogP contribution in [0.15, 0.2) is 75.8 Å². The van der Waals surface area contributed by atoms with Crippen LogP contribution in [0.2, 0.25) is 0 Å². The van der Waals surface area contributed by atoms with Gasteiger partial charge in [0.25, 0.3) is 0 Å². The molecule has 0 N–H and O–H groups in total. The molecule has 3 aromatic rings. The van der Waals surface area contributed by atoms with Gasteiger partial charge in [-0.1, -0.05) is 18.2 Å². The molecule has 0 saturated carbocycles. The lowest BCUT2D eigenvalue weighted by Gasteiger charge is -2.11. The van der Waals surface area contributed by atoms with E-state index in [0.717, 1.165) is 8.04 Å². The van der Waals surface area contributed by atoms with Crippen LogP contribution < -0.4 is 9.47 Å². The summed E-state index contributed by atoms with van der Waals surface area (Å²) in [5.74, 6) is 0.384. The number of carbonyl (C=O) groups is 1. The SMILES string of the molecule is COc1cc(/C=C2\N=C(c3ccc(I)c(Br)c3)OC2=O)ccc1OCc1cccc(F)c1. The first kappa shape index (κ1) is 22.5. The van der Waals surface area contributed by atoms with Crippen LogP contribution in [0, 0.1) is 9.39 Å². The van der Waals surface area contributed by atoms with E-state index in [4.69, 9.17) is 14.2 Å². The number of benzene rings is 3. The summed E-state index contributed by atoms with van der Waals surface area (Å²) < 4.78 is 31.8. The molecule has 32 heavy (non-hydrogen) atoms. The molecule has 1 heterocycles. The lowest BCUT2D eigenvalue weighted by molar-refractivity contribution is -0.129. The van der Waals surface area contributed by atoms with Crippen LogP contribution in [0.1, 0.15) is 16.7 Å². The number of hydrogen-bond acceptors (Lipinski definition) is 5. The molecule has 0 spiro atoms. The second-order valence-corrected chi connectivity index (χ2v) is 8.81. The van der Waals surface area contributed by atoms with Gasteiger partial charge in [0.05, 0.1) is 7.11 Å². The van der Waals surface area contributed by atoms with E-state index >= 15 is 0 Å². The van der Waals surface area contributed by atoms with Gasteiger partial charge in [0.1, 0.15) is 12.4 Å². The number of aliphatic imine (C=N–C) groups is 1. The van der Waals surface area contributed by atoms with E-state index in [-0.39, 0.29) is 24.0 Å². The maximum absolute atomic E-state index is 13.4. The molecule has 0 aliphatic carbocycles. The predicted octanol–water partition coefficient (Wildman–Crippen LogP) is 6.12. The maximum Gasteiger partial charge on any atom is 0.363 e. The molecule has 5 nitrogen and oxygen atoms in total. The quantitative estimate of drug-likeness (QED) is 0.192. The molecule has 0 radical (unpaired) electrons. The van der Waals surface area contributed by atoms with E-state index in [2.05, 4.69) is 43.5 Å². The average molecular weight is 608 g/mol. The van der Waals surface area contributed by atoms with Gasteiger partial charge in [-0.15, -0.1) is 0 Å². The number of hydrogen-bond donors (Lipinski definition) is 0. The van der Waals surface area contributed by atoms with E-state index in [1.54, 1.807) is 36.4 Å². The Labute approximate surface area is 206 Å². The third kappa shape index (κ3) is 5.18. The maximum atomic E-state index is 13.4. The minimum absolute atomic E-state index is 0.185. The van der Waals surface area contributed by atoms with Crippen LogP contribution in [-0.4, -0.2) is 19.0 Å². The molecule has 0 atom stereocenters. The number of halogens is 3. The number of nitrogens with zero attached hydrogens (tertiary/aromatic N) is 1. The van der Waals surface area contributed by atoms with Crippen molar-refractivity contribution in [1.29, 1.82) is 0 Å². The molecule has 162 valence electrons. The van der Waals surface area contributed by atoms with Crippen molar-refractivity contribution in [3.05, 3.63) is 96.9 Å². The second-order valence-electron chi connectivity index (χ2n) is 6.79. The fourth-order valence-corrected chi connectivity index (χ4v) is 3.71. The minimum Gasteiger partial charge on any atom is -0.493 e. The molecular weight excluding hydrogens is 592 g/mol. The molecule has 1 aliphatic rings. The number of ether oxygens (including phenoxy) is 3. The van der Waals surface area contributed by atoms with Crippen molar-refractivity contribution in [1.82, 2.24) is 0 Å². The highest BCUT2D eigenvalue weighted by Crippen LogP contribution is 2.31. The Kier molecular flexibility index (Phi) is 6.90. The van der Waals surface area contributed by atoms with Crippen molar-refractivity contribution < 1.29 is 23.4 Å². The van der Waals surface area contributed by atoms with Crippen molar-refractivity contribution in [2.75, 3.05) is 7.11 Å².